The summed E-state index contributed by atoms with van der Waals surface area (Å²) < 4.78 is 0. The second-order valence-electron chi connectivity index (χ2n) is 6.94. The van der Waals surface area contributed by atoms with Gasteiger partial charge < -0.3 is 10.2 Å². The van der Waals surface area contributed by atoms with Crippen molar-refractivity contribution in [3.63, 3.8) is 0 Å². The van der Waals surface area contributed by atoms with E-state index in [2.05, 4.69) is 20.4 Å². The molecule has 3 aromatic rings. The van der Waals surface area contributed by atoms with E-state index in [1.807, 2.05) is 54.8 Å². The highest BCUT2D eigenvalue weighted by Gasteiger charge is 2.27. The van der Waals surface area contributed by atoms with Crippen LogP contribution in [0.2, 0.25) is 5.02 Å². The van der Waals surface area contributed by atoms with Gasteiger partial charge in [-0.15, -0.1) is 21.5 Å². The van der Waals surface area contributed by atoms with Crippen LogP contribution in [0.3, 0.4) is 0 Å². The largest absolute Gasteiger partial charge is 0.354 e. The van der Waals surface area contributed by atoms with Gasteiger partial charge in [0.25, 0.3) is 0 Å². The first-order valence-corrected chi connectivity index (χ1v) is 10.6. The van der Waals surface area contributed by atoms with Crippen molar-refractivity contribution in [3.8, 4) is 10.6 Å². The van der Waals surface area contributed by atoms with E-state index < -0.39 is 0 Å². The normalized spacial score (nSPS) is 16.8. The first-order chi connectivity index (χ1) is 13.6. The predicted molar refractivity (Wildman–Crippen MR) is 115 cm³/mol. The third kappa shape index (κ3) is 4.03. The molecule has 0 saturated carbocycles. The molecule has 1 saturated heterocycles. The summed E-state index contributed by atoms with van der Waals surface area (Å²) in [6.45, 7) is 3.43. The quantitative estimate of drug-likeness (QED) is 0.653. The Labute approximate surface area is 173 Å². The average molecular weight is 413 g/mol. The maximum absolute atomic E-state index is 12.8. The van der Waals surface area contributed by atoms with Gasteiger partial charge in [-0.1, -0.05) is 23.7 Å². The molecule has 1 aromatic carbocycles. The van der Waals surface area contributed by atoms with Crippen LogP contribution in [0.5, 0.6) is 0 Å². The molecule has 2 aromatic heterocycles. The summed E-state index contributed by atoms with van der Waals surface area (Å²) >= 11 is 7.81. The van der Waals surface area contributed by atoms with E-state index in [4.69, 9.17) is 11.6 Å². The second-order valence-corrected chi connectivity index (χ2v) is 8.30. The lowest BCUT2D eigenvalue weighted by Crippen LogP contribution is -2.41. The zero-order valence-electron chi connectivity index (χ0n) is 15.6. The molecule has 144 valence electrons. The number of nitrogens with zero attached hydrogens (tertiary/aromatic N) is 3. The number of carbonyl (C=O) groups excluding carboxylic acids is 1. The molecule has 1 N–H and O–H groups in total. The van der Waals surface area contributed by atoms with Crippen LogP contribution in [0.4, 0.5) is 11.5 Å². The highest BCUT2D eigenvalue weighted by atomic mass is 35.5. The standard InChI is InChI=1S/C21H21ClN4OS/c1-14-16(22)6-2-7-17(14)23-21(27)15-5-3-11-26(13-15)20-10-9-18(24-25-20)19-8-4-12-28-19/h2,4,6-10,12,15H,3,5,11,13H2,1H3,(H,23,27). The predicted octanol–water partition coefficient (Wildman–Crippen LogP) is 5.02. The molecule has 1 aliphatic heterocycles. The lowest BCUT2D eigenvalue weighted by molar-refractivity contribution is -0.120. The highest BCUT2D eigenvalue weighted by Crippen LogP contribution is 2.27. The van der Waals surface area contributed by atoms with Crippen molar-refractivity contribution >= 4 is 40.4 Å². The number of hydrogen-bond donors (Lipinski definition) is 1. The van der Waals surface area contributed by atoms with E-state index in [0.29, 0.717) is 11.6 Å². The van der Waals surface area contributed by atoms with E-state index in [1.54, 1.807) is 11.3 Å². The van der Waals surface area contributed by atoms with Crippen LogP contribution in [0.1, 0.15) is 18.4 Å². The Morgan fingerprint density at radius 3 is 2.86 bits per heavy atom. The minimum atomic E-state index is -0.0918. The van der Waals surface area contributed by atoms with Gasteiger partial charge in [0, 0.05) is 23.8 Å². The Morgan fingerprint density at radius 1 is 1.21 bits per heavy atom. The molecule has 0 aliphatic carbocycles. The van der Waals surface area contributed by atoms with Crippen molar-refractivity contribution in [2.24, 2.45) is 5.92 Å². The monoisotopic (exact) mass is 412 g/mol. The van der Waals surface area contributed by atoms with Crippen molar-refractivity contribution in [3.05, 3.63) is 58.4 Å². The summed E-state index contributed by atoms with van der Waals surface area (Å²) in [5, 5.41) is 14.5. The van der Waals surface area contributed by atoms with Crippen molar-refractivity contribution in [2.75, 3.05) is 23.3 Å². The number of piperidine rings is 1. The van der Waals surface area contributed by atoms with E-state index in [9.17, 15) is 4.79 Å². The van der Waals surface area contributed by atoms with Gasteiger partial charge in [0.15, 0.2) is 5.82 Å². The number of carbonyl (C=O) groups is 1. The second kappa shape index (κ2) is 8.29. The summed E-state index contributed by atoms with van der Waals surface area (Å²) in [4.78, 5) is 16.0. The summed E-state index contributed by atoms with van der Waals surface area (Å²) in [5.74, 6) is 0.751. The first-order valence-electron chi connectivity index (χ1n) is 9.30. The molecule has 1 atom stereocenters. The molecule has 0 spiro atoms. The van der Waals surface area contributed by atoms with Crippen LogP contribution in [0.25, 0.3) is 10.6 Å². The summed E-state index contributed by atoms with van der Waals surface area (Å²) in [6.07, 6.45) is 1.81. The fourth-order valence-electron chi connectivity index (χ4n) is 3.43. The molecule has 4 rings (SSSR count). The number of rotatable bonds is 4. The Kier molecular flexibility index (Phi) is 5.59. The van der Waals surface area contributed by atoms with Crippen molar-refractivity contribution in [1.29, 1.82) is 0 Å². The minimum absolute atomic E-state index is 0.0261. The molecule has 1 amide bonds. The number of aromatic nitrogens is 2. The number of anilines is 2. The number of amides is 1. The van der Waals surface area contributed by atoms with Crippen LogP contribution < -0.4 is 10.2 Å². The van der Waals surface area contributed by atoms with E-state index >= 15 is 0 Å². The van der Waals surface area contributed by atoms with Crippen LogP contribution in [-0.2, 0) is 4.79 Å². The Balaban J connectivity index is 1.44. The fourth-order valence-corrected chi connectivity index (χ4v) is 4.29. The summed E-state index contributed by atoms with van der Waals surface area (Å²) in [7, 11) is 0. The SMILES string of the molecule is Cc1c(Cl)cccc1NC(=O)C1CCCN(c2ccc(-c3cccs3)nn2)C1. The van der Waals surface area contributed by atoms with Crippen molar-refractivity contribution in [2.45, 2.75) is 19.8 Å². The van der Waals surface area contributed by atoms with Crippen molar-refractivity contribution < 1.29 is 4.79 Å². The van der Waals surface area contributed by atoms with Gasteiger partial charge in [-0.05, 0) is 61.0 Å². The zero-order valence-corrected chi connectivity index (χ0v) is 17.1. The van der Waals surface area contributed by atoms with Gasteiger partial charge in [0.05, 0.1) is 10.8 Å². The molecular weight excluding hydrogens is 392 g/mol. The summed E-state index contributed by atoms with van der Waals surface area (Å²) in [6, 6.07) is 13.6. The van der Waals surface area contributed by atoms with Crippen molar-refractivity contribution in [1.82, 2.24) is 10.2 Å². The Morgan fingerprint density at radius 2 is 2.11 bits per heavy atom. The van der Waals surface area contributed by atoms with Crippen LogP contribution in [0, 0.1) is 12.8 Å². The molecule has 0 radical (unpaired) electrons. The van der Waals surface area contributed by atoms with Crippen LogP contribution >= 0.6 is 22.9 Å². The molecular formula is C21H21ClN4OS. The Bertz CT molecular complexity index is 959. The molecule has 0 bridgehead atoms. The molecule has 1 fully saturated rings. The molecule has 3 heterocycles. The number of halogens is 1. The van der Waals surface area contributed by atoms with Gasteiger partial charge in [0.2, 0.25) is 5.91 Å². The lowest BCUT2D eigenvalue weighted by atomic mass is 9.97. The zero-order chi connectivity index (χ0) is 19.5. The van der Waals surface area contributed by atoms with Gasteiger partial charge in [-0.25, -0.2) is 0 Å². The van der Waals surface area contributed by atoms with Gasteiger partial charge in [-0.3, -0.25) is 4.79 Å². The Hall–Kier alpha value is -2.44. The maximum atomic E-state index is 12.8. The van der Waals surface area contributed by atoms with E-state index in [1.165, 1.54) is 0 Å². The lowest BCUT2D eigenvalue weighted by Gasteiger charge is -2.32. The molecule has 1 aliphatic rings. The maximum Gasteiger partial charge on any atom is 0.229 e. The summed E-state index contributed by atoms with van der Waals surface area (Å²) in [5.41, 5.74) is 2.54. The third-order valence-electron chi connectivity index (χ3n) is 5.07. The average Bonchev–Trinajstić information content (AvgIpc) is 3.26. The number of benzene rings is 1. The third-order valence-corrected chi connectivity index (χ3v) is 6.37. The topological polar surface area (TPSA) is 58.1 Å². The number of nitrogens with one attached hydrogen (secondary N) is 1. The first kappa shape index (κ1) is 18.9. The number of hydrogen-bond acceptors (Lipinski definition) is 5. The van der Waals surface area contributed by atoms with Gasteiger partial charge in [0.1, 0.15) is 5.69 Å². The van der Waals surface area contributed by atoms with E-state index in [-0.39, 0.29) is 11.8 Å². The minimum Gasteiger partial charge on any atom is -0.354 e. The van der Waals surface area contributed by atoms with E-state index in [0.717, 1.165) is 47.0 Å². The molecule has 7 heteroatoms. The van der Waals surface area contributed by atoms with Crippen LogP contribution in [0.15, 0.2) is 47.8 Å². The molecule has 28 heavy (non-hydrogen) atoms. The smallest absolute Gasteiger partial charge is 0.229 e. The van der Waals surface area contributed by atoms with Gasteiger partial charge >= 0.3 is 0 Å². The number of thiophene rings is 1. The fraction of sp³-hybridized carbons (Fsp3) is 0.286. The highest BCUT2D eigenvalue weighted by molar-refractivity contribution is 7.13. The van der Waals surface area contributed by atoms with Crippen LogP contribution in [-0.4, -0.2) is 29.2 Å². The van der Waals surface area contributed by atoms with Gasteiger partial charge in [-0.2, -0.15) is 0 Å². The molecule has 5 nitrogen and oxygen atoms in total. The molecule has 1 unspecified atom stereocenters.